The lowest BCUT2D eigenvalue weighted by molar-refractivity contribution is 0.0605. The molecule has 0 aliphatic carbocycles. The van der Waals surface area contributed by atoms with E-state index in [-0.39, 0.29) is 5.56 Å². The minimum atomic E-state index is -0.446. The predicted octanol–water partition coefficient (Wildman–Crippen LogP) is 2.72. The van der Waals surface area contributed by atoms with Gasteiger partial charge in [0.2, 0.25) is 0 Å². The first-order chi connectivity index (χ1) is 11.5. The molecule has 0 amide bonds. The average molecular weight is 343 g/mol. The second-order valence-corrected chi connectivity index (χ2v) is 6.43. The van der Waals surface area contributed by atoms with Crippen LogP contribution in [0.3, 0.4) is 0 Å². The monoisotopic (exact) mass is 343 g/mol. The molecule has 0 atom stereocenters. The first kappa shape index (κ1) is 16.2. The number of methoxy groups -OCH3 is 1. The molecule has 0 unspecified atom stereocenters. The van der Waals surface area contributed by atoms with Crippen molar-refractivity contribution in [2.45, 2.75) is 13.5 Å². The van der Waals surface area contributed by atoms with Crippen molar-refractivity contribution >= 4 is 33.2 Å². The zero-order chi connectivity index (χ0) is 17.3. The maximum atomic E-state index is 12.4. The van der Waals surface area contributed by atoms with Crippen LogP contribution in [0, 0.1) is 6.92 Å². The number of carbonyl (C=O) groups excluding carboxylic acids is 1. The molecule has 7 heteroatoms. The van der Waals surface area contributed by atoms with Crippen LogP contribution < -0.4 is 10.5 Å². The van der Waals surface area contributed by atoms with Crippen molar-refractivity contribution in [3.63, 3.8) is 0 Å². The summed E-state index contributed by atoms with van der Waals surface area (Å²) in [6.45, 7) is 2.19. The lowest BCUT2D eigenvalue weighted by atomic mass is 10.2. The summed E-state index contributed by atoms with van der Waals surface area (Å²) in [6.07, 6.45) is 0. The van der Waals surface area contributed by atoms with E-state index in [1.54, 1.807) is 6.92 Å². The van der Waals surface area contributed by atoms with Crippen LogP contribution in [0.5, 0.6) is 0 Å². The summed E-state index contributed by atoms with van der Waals surface area (Å²) in [4.78, 5) is 34.5. The molecule has 1 aromatic carbocycles. The van der Waals surface area contributed by atoms with Gasteiger partial charge in [-0.2, -0.15) is 0 Å². The lowest BCUT2D eigenvalue weighted by Crippen LogP contribution is -2.21. The summed E-state index contributed by atoms with van der Waals surface area (Å²) >= 11 is 1.18. The smallest absolute Gasteiger partial charge is 0.348 e. The van der Waals surface area contributed by atoms with Crippen molar-refractivity contribution in [3.8, 4) is 0 Å². The molecule has 0 radical (unpaired) electrons. The number of para-hydroxylation sites is 1. The van der Waals surface area contributed by atoms with Crippen molar-refractivity contribution in [3.05, 3.63) is 57.0 Å². The number of rotatable bonds is 4. The number of aryl methyl sites for hydroxylation is 1. The molecule has 0 saturated carbocycles. The number of esters is 1. The number of H-pyrrole nitrogens is 1. The summed E-state index contributed by atoms with van der Waals surface area (Å²) in [5.41, 5.74) is 1.40. The lowest BCUT2D eigenvalue weighted by Gasteiger charge is -2.18. The molecule has 0 saturated heterocycles. The average Bonchev–Trinajstić information content (AvgIpc) is 2.92. The number of ether oxygens (including phenoxy) is 1. The van der Waals surface area contributed by atoms with E-state index in [0.29, 0.717) is 33.0 Å². The highest BCUT2D eigenvalue weighted by Gasteiger charge is 2.19. The number of benzene rings is 1. The van der Waals surface area contributed by atoms with Crippen LogP contribution in [0.25, 0.3) is 10.2 Å². The van der Waals surface area contributed by atoms with Crippen molar-refractivity contribution in [1.82, 2.24) is 9.97 Å². The molecule has 1 N–H and O–H groups in total. The first-order valence-electron chi connectivity index (χ1n) is 7.38. The molecule has 0 bridgehead atoms. The largest absolute Gasteiger partial charge is 0.465 e. The SMILES string of the molecule is COC(=O)c1sc2nc(CN(C)c3ccccc3)[nH]c(=O)c2c1C. The van der Waals surface area contributed by atoms with E-state index in [1.807, 2.05) is 42.3 Å². The van der Waals surface area contributed by atoms with Crippen LogP contribution in [0.4, 0.5) is 5.69 Å². The predicted molar refractivity (Wildman–Crippen MR) is 94.9 cm³/mol. The first-order valence-corrected chi connectivity index (χ1v) is 8.19. The highest BCUT2D eigenvalue weighted by atomic mass is 32.1. The van der Waals surface area contributed by atoms with Crippen LogP contribution in [-0.2, 0) is 11.3 Å². The number of aromatic nitrogens is 2. The fourth-order valence-electron chi connectivity index (χ4n) is 2.55. The van der Waals surface area contributed by atoms with Crippen molar-refractivity contribution in [2.75, 3.05) is 19.1 Å². The van der Waals surface area contributed by atoms with Gasteiger partial charge in [0.1, 0.15) is 15.5 Å². The van der Waals surface area contributed by atoms with Gasteiger partial charge in [-0.1, -0.05) is 18.2 Å². The fraction of sp³-hybridized carbons (Fsp3) is 0.235. The van der Waals surface area contributed by atoms with E-state index in [9.17, 15) is 9.59 Å². The third-order valence-electron chi connectivity index (χ3n) is 3.80. The Kier molecular flexibility index (Phi) is 4.35. The summed E-state index contributed by atoms with van der Waals surface area (Å²) < 4.78 is 4.76. The van der Waals surface area contributed by atoms with Gasteiger partial charge in [0.25, 0.3) is 5.56 Å². The molecule has 0 aliphatic rings. The van der Waals surface area contributed by atoms with Gasteiger partial charge in [0.15, 0.2) is 0 Å². The van der Waals surface area contributed by atoms with Crippen molar-refractivity contribution in [1.29, 1.82) is 0 Å². The molecule has 3 aromatic rings. The van der Waals surface area contributed by atoms with Gasteiger partial charge < -0.3 is 14.6 Å². The second-order valence-electron chi connectivity index (χ2n) is 5.43. The van der Waals surface area contributed by atoms with E-state index in [0.717, 1.165) is 5.69 Å². The molecular weight excluding hydrogens is 326 g/mol. The number of hydrogen-bond donors (Lipinski definition) is 1. The number of aromatic amines is 1. The van der Waals surface area contributed by atoms with Crippen molar-refractivity contribution < 1.29 is 9.53 Å². The number of hydrogen-bond acceptors (Lipinski definition) is 6. The van der Waals surface area contributed by atoms with E-state index in [4.69, 9.17) is 4.74 Å². The molecule has 24 heavy (non-hydrogen) atoms. The normalized spacial score (nSPS) is 10.8. The molecule has 124 valence electrons. The second kappa shape index (κ2) is 6.45. The van der Waals surface area contributed by atoms with Crippen LogP contribution in [0.15, 0.2) is 35.1 Å². The summed E-state index contributed by atoms with van der Waals surface area (Å²) in [5, 5.41) is 0.450. The Bertz CT molecular complexity index is 947. The van der Waals surface area contributed by atoms with Gasteiger partial charge in [0, 0.05) is 12.7 Å². The molecule has 0 spiro atoms. The Labute approximate surface area is 142 Å². The highest BCUT2D eigenvalue weighted by Crippen LogP contribution is 2.27. The maximum absolute atomic E-state index is 12.4. The number of anilines is 1. The minimum Gasteiger partial charge on any atom is -0.465 e. The molecule has 2 heterocycles. The Morgan fingerprint density at radius 1 is 1.33 bits per heavy atom. The van der Waals surface area contributed by atoms with Crippen LogP contribution in [0.2, 0.25) is 0 Å². The van der Waals surface area contributed by atoms with Gasteiger partial charge >= 0.3 is 5.97 Å². The third kappa shape index (κ3) is 2.90. The topological polar surface area (TPSA) is 75.3 Å². The molecule has 3 rings (SSSR count). The third-order valence-corrected chi connectivity index (χ3v) is 4.97. The number of nitrogens with one attached hydrogen (secondary N) is 1. The molecular formula is C17H17N3O3S. The van der Waals surface area contributed by atoms with Crippen LogP contribution in [0.1, 0.15) is 21.1 Å². The summed E-state index contributed by atoms with van der Waals surface area (Å²) in [5.74, 6) is 0.106. The fourth-order valence-corrected chi connectivity index (χ4v) is 3.67. The Hall–Kier alpha value is -2.67. The highest BCUT2D eigenvalue weighted by molar-refractivity contribution is 7.20. The summed E-state index contributed by atoms with van der Waals surface area (Å²) in [7, 11) is 3.25. The molecule has 0 fully saturated rings. The molecule has 2 aromatic heterocycles. The quantitative estimate of drug-likeness (QED) is 0.737. The Balaban J connectivity index is 1.99. The van der Waals surface area contributed by atoms with E-state index in [2.05, 4.69) is 9.97 Å². The minimum absolute atomic E-state index is 0.236. The Morgan fingerprint density at radius 2 is 2.04 bits per heavy atom. The van der Waals surface area contributed by atoms with Gasteiger partial charge in [-0.3, -0.25) is 4.79 Å². The number of nitrogens with zero attached hydrogens (tertiary/aromatic N) is 2. The van der Waals surface area contributed by atoms with Gasteiger partial charge in [0.05, 0.1) is 19.0 Å². The van der Waals surface area contributed by atoms with Gasteiger partial charge in [-0.15, -0.1) is 11.3 Å². The van der Waals surface area contributed by atoms with E-state index < -0.39 is 5.97 Å². The maximum Gasteiger partial charge on any atom is 0.348 e. The van der Waals surface area contributed by atoms with E-state index >= 15 is 0 Å². The zero-order valence-electron chi connectivity index (χ0n) is 13.6. The van der Waals surface area contributed by atoms with Gasteiger partial charge in [-0.05, 0) is 24.6 Å². The molecule has 6 nitrogen and oxygen atoms in total. The van der Waals surface area contributed by atoms with Crippen molar-refractivity contribution in [2.24, 2.45) is 0 Å². The zero-order valence-corrected chi connectivity index (χ0v) is 14.4. The van der Waals surface area contributed by atoms with Crippen LogP contribution in [-0.4, -0.2) is 30.1 Å². The van der Waals surface area contributed by atoms with E-state index in [1.165, 1.54) is 18.4 Å². The Morgan fingerprint density at radius 3 is 2.71 bits per heavy atom. The number of carbonyl (C=O) groups is 1. The summed E-state index contributed by atoms with van der Waals surface area (Å²) in [6, 6.07) is 9.84. The standard InChI is InChI=1S/C17H17N3O3S/c1-10-13-15(21)18-12(9-20(2)11-7-5-4-6-8-11)19-16(13)24-14(10)17(22)23-3/h4-8H,9H2,1-3H3,(H,18,19,21). The molecule has 0 aliphatic heterocycles. The van der Waals surface area contributed by atoms with Gasteiger partial charge in [-0.25, -0.2) is 9.78 Å². The number of thiophene rings is 1. The number of fused-ring (bicyclic) bond motifs is 1. The van der Waals surface area contributed by atoms with Crippen LogP contribution >= 0.6 is 11.3 Å².